The minimum absolute atomic E-state index is 0.236. The van der Waals surface area contributed by atoms with Crippen molar-refractivity contribution in [2.45, 2.75) is 12.0 Å². The molecule has 2 aliphatic heterocycles. The van der Waals surface area contributed by atoms with Gasteiger partial charge in [0, 0.05) is 25.6 Å². The molecule has 2 saturated heterocycles. The van der Waals surface area contributed by atoms with Crippen LogP contribution in [0.25, 0.3) is 11.0 Å². The molecule has 0 radical (unpaired) electrons. The van der Waals surface area contributed by atoms with E-state index in [4.69, 9.17) is 9.47 Å². The summed E-state index contributed by atoms with van der Waals surface area (Å²) >= 11 is 0. The highest BCUT2D eigenvalue weighted by Crippen LogP contribution is 2.27. The smallest absolute Gasteiger partial charge is 0.112 e. The molecule has 20 heavy (non-hydrogen) atoms. The number of aromatic nitrogens is 2. The summed E-state index contributed by atoms with van der Waals surface area (Å²) < 4.78 is 11.1. The number of aromatic amines is 1. The van der Waals surface area contributed by atoms with Gasteiger partial charge in [-0.15, -0.1) is 0 Å². The monoisotopic (exact) mass is 273 g/mol. The largest absolute Gasteiger partial charge is 0.376 e. The van der Waals surface area contributed by atoms with Crippen LogP contribution in [-0.4, -0.2) is 60.4 Å². The van der Waals surface area contributed by atoms with Crippen LogP contribution < -0.4 is 0 Å². The molecule has 0 saturated carbocycles. The van der Waals surface area contributed by atoms with Gasteiger partial charge in [-0.25, -0.2) is 4.98 Å². The number of para-hydroxylation sites is 2. The average Bonchev–Trinajstić information content (AvgIpc) is 2.86. The standard InChI is InChI=1S/C15H19N3O2/c1-2-4-14-13(3-1)16-15(17-14)11-7-18(8-11)9-12-10-19-5-6-20-12/h1-4,11-12H,5-10H2,(H,16,17). The molecule has 1 aromatic heterocycles. The van der Waals surface area contributed by atoms with E-state index in [9.17, 15) is 0 Å². The third-order valence-corrected chi connectivity index (χ3v) is 4.10. The van der Waals surface area contributed by atoms with Gasteiger partial charge in [-0.1, -0.05) is 12.1 Å². The summed E-state index contributed by atoms with van der Waals surface area (Å²) in [5.41, 5.74) is 2.19. The lowest BCUT2D eigenvalue weighted by molar-refractivity contribution is -0.104. The Kier molecular flexibility index (Phi) is 3.18. The van der Waals surface area contributed by atoms with Crippen molar-refractivity contribution in [3.05, 3.63) is 30.1 Å². The summed E-state index contributed by atoms with van der Waals surface area (Å²) in [5, 5.41) is 0. The van der Waals surface area contributed by atoms with Crippen LogP contribution in [0.5, 0.6) is 0 Å². The molecule has 106 valence electrons. The first-order valence-electron chi connectivity index (χ1n) is 7.25. The van der Waals surface area contributed by atoms with Crippen LogP contribution in [0.1, 0.15) is 11.7 Å². The second-order valence-electron chi connectivity index (χ2n) is 5.62. The minimum Gasteiger partial charge on any atom is -0.376 e. The maximum absolute atomic E-state index is 5.68. The molecular weight excluding hydrogens is 254 g/mol. The van der Waals surface area contributed by atoms with Crippen LogP contribution in [0, 0.1) is 0 Å². The SMILES string of the molecule is c1ccc2[nH]c(C3CN(CC4COCCO4)C3)nc2c1. The number of hydrogen-bond acceptors (Lipinski definition) is 4. The van der Waals surface area contributed by atoms with Crippen molar-refractivity contribution >= 4 is 11.0 Å². The Morgan fingerprint density at radius 1 is 1.25 bits per heavy atom. The number of nitrogens with zero attached hydrogens (tertiary/aromatic N) is 2. The highest BCUT2D eigenvalue weighted by molar-refractivity contribution is 5.74. The minimum atomic E-state index is 0.236. The van der Waals surface area contributed by atoms with Gasteiger partial charge >= 0.3 is 0 Å². The van der Waals surface area contributed by atoms with Crippen LogP contribution in [0.3, 0.4) is 0 Å². The normalized spacial score (nSPS) is 24.9. The van der Waals surface area contributed by atoms with Crippen molar-refractivity contribution in [2.24, 2.45) is 0 Å². The number of H-pyrrole nitrogens is 1. The molecule has 3 heterocycles. The van der Waals surface area contributed by atoms with Crippen molar-refractivity contribution in [1.29, 1.82) is 0 Å². The molecular formula is C15H19N3O2. The number of imidazole rings is 1. The van der Waals surface area contributed by atoms with Crippen molar-refractivity contribution in [3.63, 3.8) is 0 Å². The van der Waals surface area contributed by atoms with E-state index in [1.807, 2.05) is 12.1 Å². The van der Waals surface area contributed by atoms with E-state index in [1.165, 1.54) is 0 Å². The van der Waals surface area contributed by atoms with Gasteiger partial charge in [0.05, 0.1) is 37.0 Å². The Bertz CT molecular complexity index is 553. The number of benzene rings is 1. The van der Waals surface area contributed by atoms with Crippen LogP contribution in [0.2, 0.25) is 0 Å². The number of rotatable bonds is 3. The number of hydrogen-bond donors (Lipinski definition) is 1. The van der Waals surface area contributed by atoms with Gasteiger partial charge < -0.3 is 14.5 Å². The quantitative estimate of drug-likeness (QED) is 0.918. The summed E-state index contributed by atoms with van der Waals surface area (Å²) in [4.78, 5) is 10.5. The topological polar surface area (TPSA) is 50.4 Å². The molecule has 1 atom stereocenters. The van der Waals surface area contributed by atoms with Crippen LogP contribution in [0.4, 0.5) is 0 Å². The lowest BCUT2D eigenvalue weighted by Crippen LogP contribution is -2.50. The first-order chi connectivity index (χ1) is 9.88. The molecule has 2 fully saturated rings. The molecule has 1 unspecified atom stereocenters. The fourth-order valence-electron chi connectivity index (χ4n) is 2.99. The highest BCUT2D eigenvalue weighted by atomic mass is 16.6. The molecule has 5 nitrogen and oxygen atoms in total. The van der Waals surface area contributed by atoms with E-state index in [0.717, 1.165) is 56.3 Å². The first-order valence-corrected chi connectivity index (χ1v) is 7.25. The average molecular weight is 273 g/mol. The van der Waals surface area contributed by atoms with E-state index < -0.39 is 0 Å². The van der Waals surface area contributed by atoms with Crippen LogP contribution >= 0.6 is 0 Å². The van der Waals surface area contributed by atoms with E-state index in [0.29, 0.717) is 5.92 Å². The predicted octanol–water partition coefficient (Wildman–Crippen LogP) is 1.38. The number of fused-ring (bicyclic) bond motifs is 1. The maximum atomic E-state index is 5.68. The van der Waals surface area contributed by atoms with E-state index in [1.54, 1.807) is 0 Å². The third-order valence-electron chi connectivity index (χ3n) is 4.10. The molecule has 0 spiro atoms. The zero-order chi connectivity index (χ0) is 13.4. The molecule has 2 aliphatic rings. The first kappa shape index (κ1) is 12.3. The van der Waals surface area contributed by atoms with Crippen molar-refractivity contribution < 1.29 is 9.47 Å². The second kappa shape index (κ2) is 5.16. The molecule has 1 aromatic carbocycles. The Hall–Kier alpha value is -1.43. The molecule has 0 aliphatic carbocycles. The number of nitrogens with one attached hydrogen (secondary N) is 1. The summed E-state index contributed by atoms with van der Waals surface area (Å²) in [6.07, 6.45) is 0.236. The van der Waals surface area contributed by atoms with E-state index >= 15 is 0 Å². The van der Waals surface area contributed by atoms with Crippen molar-refractivity contribution in [2.75, 3.05) is 39.5 Å². The van der Waals surface area contributed by atoms with Crippen molar-refractivity contribution in [3.8, 4) is 0 Å². The zero-order valence-corrected chi connectivity index (χ0v) is 11.4. The fourth-order valence-corrected chi connectivity index (χ4v) is 2.99. The lowest BCUT2D eigenvalue weighted by atomic mass is 9.99. The summed E-state index contributed by atoms with van der Waals surface area (Å²) in [5.74, 6) is 1.63. The molecule has 0 bridgehead atoms. The summed E-state index contributed by atoms with van der Waals surface area (Å²) in [6, 6.07) is 8.20. The summed E-state index contributed by atoms with van der Waals surface area (Å²) in [6.45, 7) is 5.27. The van der Waals surface area contributed by atoms with E-state index in [2.05, 4.69) is 27.0 Å². The second-order valence-corrected chi connectivity index (χ2v) is 5.62. The van der Waals surface area contributed by atoms with Crippen LogP contribution in [-0.2, 0) is 9.47 Å². The molecule has 4 rings (SSSR count). The fraction of sp³-hybridized carbons (Fsp3) is 0.533. The van der Waals surface area contributed by atoms with Gasteiger partial charge in [0.1, 0.15) is 5.82 Å². The van der Waals surface area contributed by atoms with Gasteiger partial charge in [-0.05, 0) is 12.1 Å². The Morgan fingerprint density at radius 3 is 2.95 bits per heavy atom. The van der Waals surface area contributed by atoms with Gasteiger partial charge in [0.15, 0.2) is 0 Å². The third kappa shape index (κ3) is 2.32. The maximum Gasteiger partial charge on any atom is 0.112 e. The Labute approximate surface area is 117 Å². The molecule has 1 N–H and O–H groups in total. The van der Waals surface area contributed by atoms with Gasteiger partial charge in [0.25, 0.3) is 0 Å². The van der Waals surface area contributed by atoms with Gasteiger partial charge in [0.2, 0.25) is 0 Å². The Morgan fingerprint density at radius 2 is 2.15 bits per heavy atom. The zero-order valence-electron chi connectivity index (χ0n) is 11.4. The van der Waals surface area contributed by atoms with Crippen LogP contribution in [0.15, 0.2) is 24.3 Å². The molecule has 5 heteroatoms. The van der Waals surface area contributed by atoms with Crippen molar-refractivity contribution in [1.82, 2.24) is 14.9 Å². The van der Waals surface area contributed by atoms with Gasteiger partial charge in [-0.3, -0.25) is 4.90 Å². The summed E-state index contributed by atoms with van der Waals surface area (Å²) in [7, 11) is 0. The number of likely N-dealkylation sites (tertiary alicyclic amines) is 1. The molecule has 2 aromatic rings. The highest BCUT2D eigenvalue weighted by Gasteiger charge is 2.32. The lowest BCUT2D eigenvalue weighted by Gasteiger charge is -2.40. The van der Waals surface area contributed by atoms with Gasteiger partial charge in [-0.2, -0.15) is 0 Å². The van der Waals surface area contributed by atoms with E-state index in [-0.39, 0.29) is 6.10 Å². The number of ether oxygens (including phenoxy) is 2. The predicted molar refractivity (Wildman–Crippen MR) is 75.8 cm³/mol. The Balaban J connectivity index is 1.36. The molecule has 0 amide bonds.